The molecule has 0 N–H and O–H groups in total. The second-order valence-corrected chi connectivity index (χ2v) is 5.94. The van der Waals surface area contributed by atoms with Crippen LogP contribution in [0.1, 0.15) is 21.9 Å². The van der Waals surface area contributed by atoms with Gasteiger partial charge in [0.25, 0.3) is 0 Å². The third kappa shape index (κ3) is 3.34. The van der Waals surface area contributed by atoms with Gasteiger partial charge in [-0.2, -0.15) is 23.4 Å². The highest BCUT2D eigenvalue weighted by Crippen LogP contribution is 2.34. The molecule has 0 aliphatic carbocycles. The smallest absolute Gasteiger partial charge is 0.293 e. The van der Waals surface area contributed by atoms with E-state index in [-0.39, 0.29) is 17.4 Å². The number of hydrogen-bond acceptors (Lipinski definition) is 4. The largest absolute Gasteiger partial charge is 0.435 e. The number of carbonyl (C=O) groups is 1. The number of aromatic nitrogens is 5. The van der Waals surface area contributed by atoms with E-state index in [1.165, 1.54) is 11.7 Å². The van der Waals surface area contributed by atoms with Crippen molar-refractivity contribution in [1.29, 1.82) is 0 Å². The first-order chi connectivity index (χ1) is 12.2. The average Bonchev–Trinajstić information content (AvgIpc) is 3.09. The lowest BCUT2D eigenvalue weighted by atomic mass is 10.1. The Morgan fingerprint density at radius 2 is 1.77 bits per heavy atom. The Hall–Kier alpha value is -2.68. The number of rotatable bonds is 4. The van der Waals surface area contributed by atoms with E-state index in [1.54, 1.807) is 19.2 Å². The third-order valence-electron chi connectivity index (χ3n) is 3.73. The Labute approximate surface area is 151 Å². The molecular formula is C16H13ClF3N5O. The maximum atomic E-state index is 13.1. The maximum absolute atomic E-state index is 13.1. The molecule has 0 unspecified atom stereocenters. The fourth-order valence-corrected chi connectivity index (χ4v) is 2.69. The van der Waals surface area contributed by atoms with Crippen LogP contribution in [0, 0.1) is 0 Å². The van der Waals surface area contributed by atoms with Gasteiger partial charge in [0, 0.05) is 19.7 Å². The van der Waals surface area contributed by atoms with E-state index < -0.39 is 23.2 Å². The highest BCUT2D eigenvalue weighted by atomic mass is 35.5. The van der Waals surface area contributed by atoms with Crippen LogP contribution >= 0.6 is 11.6 Å². The first kappa shape index (κ1) is 18.1. The quantitative estimate of drug-likeness (QED) is 0.648. The molecule has 2 aromatic heterocycles. The normalized spacial score (nSPS) is 11.8. The Bertz CT molecular complexity index is 962. The molecule has 6 nitrogen and oxygen atoms in total. The number of Topliss-reactive ketones (excluding diaryl/α,β-unsaturated/α-hetero) is 1. The van der Waals surface area contributed by atoms with E-state index in [0.29, 0.717) is 5.82 Å². The summed E-state index contributed by atoms with van der Waals surface area (Å²) < 4.78 is 41.6. The number of alkyl halides is 3. The molecule has 3 aromatic rings. The topological polar surface area (TPSA) is 65.6 Å². The van der Waals surface area contributed by atoms with Crippen molar-refractivity contribution in [3.63, 3.8) is 0 Å². The van der Waals surface area contributed by atoms with Crippen molar-refractivity contribution in [2.45, 2.75) is 12.6 Å². The van der Waals surface area contributed by atoms with Crippen molar-refractivity contribution in [3.8, 4) is 11.4 Å². The molecule has 136 valence electrons. The molecule has 0 atom stereocenters. The minimum absolute atomic E-state index is 0.224. The predicted molar refractivity (Wildman–Crippen MR) is 87.7 cm³/mol. The number of ketones is 1. The zero-order chi connectivity index (χ0) is 19.1. The SMILES string of the molecule is Cn1nc(-c2ccccc2)nc1CC(=O)c1c(C(F)(F)F)nn(C)c1Cl. The highest BCUT2D eigenvalue weighted by Gasteiger charge is 2.41. The fourth-order valence-electron chi connectivity index (χ4n) is 2.46. The predicted octanol–water partition coefficient (Wildman–Crippen LogP) is 3.31. The lowest BCUT2D eigenvalue weighted by Crippen LogP contribution is -2.15. The van der Waals surface area contributed by atoms with Gasteiger partial charge in [-0.15, -0.1) is 0 Å². The maximum Gasteiger partial charge on any atom is 0.435 e. The van der Waals surface area contributed by atoms with Gasteiger partial charge in [-0.05, 0) is 0 Å². The van der Waals surface area contributed by atoms with Crippen LogP contribution in [0.25, 0.3) is 11.4 Å². The van der Waals surface area contributed by atoms with Crippen LogP contribution in [0.15, 0.2) is 30.3 Å². The zero-order valence-electron chi connectivity index (χ0n) is 13.8. The third-order valence-corrected chi connectivity index (χ3v) is 4.16. The van der Waals surface area contributed by atoms with Crippen LogP contribution in [0.3, 0.4) is 0 Å². The van der Waals surface area contributed by atoms with Gasteiger partial charge in [0.05, 0.1) is 12.0 Å². The minimum Gasteiger partial charge on any atom is -0.293 e. The van der Waals surface area contributed by atoms with Crippen molar-refractivity contribution in [1.82, 2.24) is 24.5 Å². The Morgan fingerprint density at radius 3 is 2.38 bits per heavy atom. The van der Waals surface area contributed by atoms with Crippen molar-refractivity contribution in [2.24, 2.45) is 14.1 Å². The summed E-state index contributed by atoms with van der Waals surface area (Å²) in [5.41, 5.74) is -1.23. The van der Waals surface area contributed by atoms with Gasteiger partial charge in [-0.25, -0.2) is 4.98 Å². The monoisotopic (exact) mass is 383 g/mol. The minimum atomic E-state index is -4.79. The van der Waals surface area contributed by atoms with Crippen molar-refractivity contribution >= 4 is 17.4 Å². The molecule has 10 heteroatoms. The molecule has 0 radical (unpaired) electrons. The van der Waals surface area contributed by atoms with Crippen molar-refractivity contribution in [2.75, 3.05) is 0 Å². The van der Waals surface area contributed by atoms with Gasteiger partial charge in [0.1, 0.15) is 11.0 Å². The average molecular weight is 384 g/mol. The summed E-state index contributed by atoms with van der Waals surface area (Å²) in [6.45, 7) is 0. The Morgan fingerprint density at radius 1 is 1.12 bits per heavy atom. The Kier molecular flexibility index (Phi) is 4.57. The number of aryl methyl sites for hydroxylation is 2. The number of carbonyl (C=O) groups excluding carboxylic acids is 1. The summed E-state index contributed by atoms with van der Waals surface area (Å²) in [6, 6.07) is 9.03. The number of halogens is 4. The summed E-state index contributed by atoms with van der Waals surface area (Å²) in [6.07, 6.45) is -5.17. The molecule has 2 heterocycles. The van der Waals surface area contributed by atoms with Crippen LogP contribution in [0.4, 0.5) is 13.2 Å². The second-order valence-electron chi connectivity index (χ2n) is 5.58. The summed E-state index contributed by atoms with van der Waals surface area (Å²) in [5, 5.41) is 7.15. The van der Waals surface area contributed by atoms with Crippen LogP contribution in [-0.2, 0) is 26.7 Å². The summed E-state index contributed by atoms with van der Waals surface area (Å²) in [5.74, 6) is -0.225. The second kappa shape index (κ2) is 6.56. The van der Waals surface area contributed by atoms with Crippen molar-refractivity contribution < 1.29 is 18.0 Å². The van der Waals surface area contributed by atoms with Crippen LogP contribution < -0.4 is 0 Å². The zero-order valence-corrected chi connectivity index (χ0v) is 14.5. The van der Waals surface area contributed by atoms with Gasteiger partial charge in [0.2, 0.25) is 0 Å². The van der Waals surface area contributed by atoms with E-state index in [4.69, 9.17) is 11.6 Å². The molecular weight excluding hydrogens is 371 g/mol. The lowest BCUT2D eigenvalue weighted by Gasteiger charge is -2.05. The summed E-state index contributed by atoms with van der Waals surface area (Å²) in [7, 11) is 2.81. The number of benzene rings is 1. The molecule has 0 saturated carbocycles. The number of nitrogens with zero attached hydrogens (tertiary/aromatic N) is 5. The molecule has 0 aliphatic rings. The molecule has 3 rings (SSSR count). The molecule has 26 heavy (non-hydrogen) atoms. The first-order valence-corrected chi connectivity index (χ1v) is 7.84. The van der Waals surface area contributed by atoms with Crippen LogP contribution in [-0.4, -0.2) is 30.3 Å². The van der Waals surface area contributed by atoms with E-state index >= 15 is 0 Å². The van der Waals surface area contributed by atoms with E-state index in [1.807, 2.05) is 18.2 Å². The molecule has 1 aromatic carbocycles. The Balaban J connectivity index is 1.94. The molecule has 0 spiro atoms. The standard InChI is InChI=1S/C16H13ClF3N5O/c1-24-11(21-15(23-24)9-6-4-3-5-7-9)8-10(26)12-13(16(18,19)20)22-25(2)14(12)17/h3-7H,8H2,1-2H3. The summed E-state index contributed by atoms with van der Waals surface area (Å²) >= 11 is 5.86. The molecule has 0 saturated heterocycles. The molecule has 0 bridgehead atoms. The molecule has 0 aliphatic heterocycles. The van der Waals surface area contributed by atoms with E-state index in [9.17, 15) is 18.0 Å². The van der Waals surface area contributed by atoms with Crippen LogP contribution in [0.5, 0.6) is 0 Å². The van der Waals surface area contributed by atoms with Gasteiger partial charge >= 0.3 is 6.18 Å². The lowest BCUT2D eigenvalue weighted by molar-refractivity contribution is -0.141. The number of hydrogen-bond donors (Lipinski definition) is 0. The molecule has 0 fully saturated rings. The van der Waals surface area contributed by atoms with Gasteiger partial charge in [-0.3, -0.25) is 14.2 Å². The van der Waals surface area contributed by atoms with E-state index in [2.05, 4.69) is 15.2 Å². The molecule has 0 amide bonds. The fraction of sp³-hybridized carbons (Fsp3) is 0.250. The van der Waals surface area contributed by atoms with Crippen LogP contribution in [0.2, 0.25) is 5.15 Å². The highest BCUT2D eigenvalue weighted by molar-refractivity contribution is 6.33. The van der Waals surface area contributed by atoms with Gasteiger partial charge < -0.3 is 0 Å². The van der Waals surface area contributed by atoms with Gasteiger partial charge in [-0.1, -0.05) is 41.9 Å². The van der Waals surface area contributed by atoms with Crippen molar-refractivity contribution in [3.05, 3.63) is 52.6 Å². The summed E-state index contributed by atoms with van der Waals surface area (Å²) in [4.78, 5) is 16.7. The first-order valence-electron chi connectivity index (χ1n) is 7.46. The van der Waals surface area contributed by atoms with Gasteiger partial charge in [0.15, 0.2) is 17.3 Å². The van der Waals surface area contributed by atoms with E-state index in [0.717, 1.165) is 10.2 Å².